The quantitative estimate of drug-likeness (QED) is 0.737. The van der Waals surface area contributed by atoms with Crippen molar-refractivity contribution in [3.05, 3.63) is 27.7 Å². The molecular formula is C6H3BrClFO2S. The standard InChI is InChI=1S/C6H3BrClFO2S/c7-5-2-1-4(8)3-6(5)12(9,10)11/h1-3H. The summed E-state index contributed by atoms with van der Waals surface area (Å²) in [6, 6.07) is 3.87. The first-order valence-corrected chi connectivity index (χ1v) is 5.36. The van der Waals surface area contributed by atoms with E-state index in [-0.39, 0.29) is 9.50 Å². The molecule has 0 bridgehead atoms. The van der Waals surface area contributed by atoms with Gasteiger partial charge in [-0.3, -0.25) is 0 Å². The van der Waals surface area contributed by atoms with E-state index in [0.29, 0.717) is 0 Å². The van der Waals surface area contributed by atoms with E-state index >= 15 is 0 Å². The van der Waals surface area contributed by atoms with Crippen LogP contribution in [-0.2, 0) is 10.2 Å². The lowest BCUT2D eigenvalue weighted by molar-refractivity contribution is 0.551. The SMILES string of the molecule is O=S(=O)(F)c1cc(Cl)ccc1Br. The van der Waals surface area contributed by atoms with Crippen LogP contribution in [0, 0.1) is 0 Å². The van der Waals surface area contributed by atoms with E-state index in [9.17, 15) is 12.3 Å². The van der Waals surface area contributed by atoms with Gasteiger partial charge in [0, 0.05) is 9.50 Å². The summed E-state index contributed by atoms with van der Waals surface area (Å²) < 4.78 is 33.5. The summed E-state index contributed by atoms with van der Waals surface area (Å²) in [4.78, 5) is -0.449. The minimum absolute atomic E-state index is 0.161. The molecule has 2 nitrogen and oxygen atoms in total. The zero-order chi connectivity index (χ0) is 9.35. The van der Waals surface area contributed by atoms with Gasteiger partial charge in [0.1, 0.15) is 4.90 Å². The highest BCUT2D eigenvalue weighted by molar-refractivity contribution is 9.10. The third-order valence-electron chi connectivity index (χ3n) is 1.16. The number of hydrogen-bond acceptors (Lipinski definition) is 2. The fraction of sp³-hybridized carbons (Fsp3) is 0. The number of halogens is 3. The Morgan fingerprint density at radius 1 is 1.42 bits per heavy atom. The molecule has 0 amide bonds. The van der Waals surface area contributed by atoms with Crippen LogP contribution >= 0.6 is 27.5 Å². The lowest BCUT2D eigenvalue weighted by Crippen LogP contribution is -1.92. The van der Waals surface area contributed by atoms with Crippen molar-refractivity contribution in [2.75, 3.05) is 0 Å². The Morgan fingerprint density at radius 2 is 2.00 bits per heavy atom. The van der Waals surface area contributed by atoms with Crippen molar-refractivity contribution in [3.63, 3.8) is 0 Å². The van der Waals surface area contributed by atoms with Crippen molar-refractivity contribution < 1.29 is 12.3 Å². The van der Waals surface area contributed by atoms with Gasteiger partial charge in [-0.25, -0.2) is 0 Å². The maximum absolute atomic E-state index is 12.4. The molecule has 1 aromatic carbocycles. The van der Waals surface area contributed by atoms with E-state index < -0.39 is 15.1 Å². The number of hydrogen-bond donors (Lipinski definition) is 0. The Labute approximate surface area is 82.7 Å². The Morgan fingerprint density at radius 3 is 2.42 bits per heavy atom. The fourth-order valence-electron chi connectivity index (χ4n) is 0.664. The summed E-state index contributed by atoms with van der Waals surface area (Å²) in [5.41, 5.74) is 0. The smallest absolute Gasteiger partial charge is 0.189 e. The third-order valence-corrected chi connectivity index (χ3v) is 3.21. The van der Waals surface area contributed by atoms with E-state index in [1.54, 1.807) is 0 Å². The molecule has 0 unspecified atom stereocenters. The molecule has 0 radical (unpaired) electrons. The highest BCUT2D eigenvalue weighted by Gasteiger charge is 2.15. The van der Waals surface area contributed by atoms with Gasteiger partial charge >= 0.3 is 10.2 Å². The van der Waals surface area contributed by atoms with Gasteiger partial charge in [-0.05, 0) is 34.1 Å². The molecule has 0 heterocycles. The number of benzene rings is 1. The van der Waals surface area contributed by atoms with Gasteiger partial charge in [0.2, 0.25) is 0 Å². The van der Waals surface area contributed by atoms with Crippen molar-refractivity contribution in [1.29, 1.82) is 0 Å². The third kappa shape index (κ3) is 2.18. The van der Waals surface area contributed by atoms with Crippen LogP contribution in [0.15, 0.2) is 27.6 Å². The highest BCUT2D eigenvalue weighted by atomic mass is 79.9. The molecule has 6 heteroatoms. The molecular weight excluding hydrogens is 270 g/mol. The Kier molecular flexibility index (Phi) is 2.75. The number of rotatable bonds is 1. The average Bonchev–Trinajstić information content (AvgIpc) is 1.92. The Hall–Kier alpha value is -0.130. The van der Waals surface area contributed by atoms with Crippen LogP contribution in [0.1, 0.15) is 0 Å². The summed E-state index contributed by atoms with van der Waals surface area (Å²) in [7, 11) is -4.69. The van der Waals surface area contributed by atoms with E-state index in [4.69, 9.17) is 11.6 Å². The molecule has 66 valence electrons. The Bertz CT molecular complexity index is 404. The molecule has 0 saturated heterocycles. The van der Waals surface area contributed by atoms with Crippen LogP contribution in [0.3, 0.4) is 0 Å². The van der Waals surface area contributed by atoms with Gasteiger partial charge < -0.3 is 0 Å². The summed E-state index contributed by atoms with van der Waals surface area (Å²) in [5, 5.41) is 0.175. The van der Waals surface area contributed by atoms with Gasteiger partial charge in [-0.15, -0.1) is 3.89 Å². The molecule has 1 aromatic rings. The Balaban J connectivity index is 3.43. The van der Waals surface area contributed by atoms with Crippen molar-refractivity contribution in [2.24, 2.45) is 0 Å². The summed E-state index contributed by atoms with van der Waals surface area (Å²) in [5.74, 6) is 0. The van der Waals surface area contributed by atoms with E-state index in [2.05, 4.69) is 15.9 Å². The molecule has 0 aromatic heterocycles. The van der Waals surface area contributed by atoms with Crippen LogP contribution in [0.5, 0.6) is 0 Å². The van der Waals surface area contributed by atoms with Gasteiger partial charge in [-0.1, -0.05) is 11.6 Å². The van der Waals surface area contributed by atoms with E-state index in [1.807, 2.05) is 0 Å². The minimum atomic E-state index is -4.69. The largest absolute Gasteiger partial charge is 0.333 e. The monoisotopic (exact) mass is 272 g/mol. The summed E-state index contributed by atoms with van der Waals surface area (Å²) >= 11 is 8.36. The lowest BCUT2D eigenvalue weighted by Gasteiger charge is -1.98. The van der Waals surface area contributed by atoms with Gasteiger partial charge in [0.25, 0.3) is 0 Å². The first-order valence-electron chi connectivity index (χ1n) is 2.81. The van der Waals surface area contributed by atoms with Crippen LogP contribution < -0.4 is 0 Å². The van der Waals surface area contributed by atoms with Crippen LogP contribution in [0.25, 0.3) is 0 Å². The molecule has 0 fully saturated rings. The molecule has 0 aliphatic heterocycles. The molecule has 1 rings (SSSR count). The first-order chi connectivity index (χ1) is 5.41. The zero-order valence-corrected chi connectivity index (χ0v) is 8.75. The summed E-state index contributed by atoms with van der Waals surface area (Å²) in [6.07, 6.45) is 0. The second-order valence-electron chi connectivity index (χ2n) is 2.01. The summed E-state index contributed by atoms with van der Waals surface area (Å²) in [6.45, 7) is 0. The van der Waals surface area contributed by atoms with E-state index in [0.717, 1.165) is 6.07 Å². The maximum Gasteiger partial charge on any atom is 0.333 e. The van der Waals surface area contributed by atoms with Gasteiger partial charge in [-0.2, -0.15) is 8.42 Å². The second-order valence-corrected chi connectivity index (χ2v) is 4.62. The van der Waals surface area contributed by atoms with Crippen molar-refractivity contribution >= 4 is 37.8 Å². The molecule has 0 aliphatic rings. The molecule has 0 saturated carbocycles. The average molecular weight is 274 g/mol. The normalized spacial score (nSPS) is 11.6. The topological polar surface area (TPSA) is 34.1 Å². The molecule has 0 N–H and O–H groups in total. The van der Waals surface area contributed by atoms with Crippen molar-refractivity contribution in [3.8, 4) is 0 Å². The second kappa shape index (κ2) is 3.32. The molecule has 0 atom stereocenters. The minimum Gasteiger partial charge on any atom is -0.189 e. The predicted molar refractivity (Wildman–Crippen MR) is 47.4 cm³/mol. The van der Waals surface area contributed by atoms with E-state index in [1.165, 1.54) is 12.1 Å². The van der Waals surface area contributed by atoms with Gasteiger partial charge in [0.05, 0.1) is 0 Å². The van der Waals surface area contributed by atoms with Crippen LogP contribution in [0.2, 0.25) is 5.02 Å². The van der Waals surface area contributed by atoms with Crippen LogP contribution in [0.4, 0.5) is 3.89 Å². The lowest BCUT2D eigenvalue weighted by atomic mass is 10.4. The first kappa shape index (κ1) is 9.95. The predicted octanol–water partition coefficient (Wildman–Crippen LogP) is 2.76. The molecule has 0 spiro atoms. The van der Waals surface area contributed by atoms with Crippen molar-refractivity contribution in [2.45, 2.75) is 4.90 Å². The highest BCUT2D eigenvalue weighted by Crippen LogP contribution is 2.26. The van der Waals surface area contributed by atoms with Crippen molar-refractivity contribution in [1.82, 2.24) is 0 Å². The molecule has 0 aliphatic carbocycles. The fourth-order valence-corrected chi connectivity index (χ4v) is 2.30. The van der Waals surface area contributed by atoms with Crippen LogP contribution in [-0.4, -0.2) is 8.42 Å². The zero-order valence-electron chi connectivity index (χ0n) is 5.59. The maximum atomic E-state index is 12.4. The van der Waals surface area contributed by atoms with Gasteiger partial charge in [0.15, 0.2) is 0 Å². The molecule has 12 heavy (non-hydrogen) atoms.